The van der Waals surface area contributed by atoms with Gasteiger partial charge >= 0.3 is 77.2 Å². The molecule has 1 unspecified atom stereocenters. The Balaban J connectivity index is 0.0000160. The van der Waals surface area contributed by atoms with Gasteiger partial charge in [-0.05, 0) is 12.0 Å². The average molecular weight is 670 g/mol. The topological polar surface area (TPSA) is 66.4 Å². The standard InChI is InChI=1S/C18H13F17O4S.Na/c1-2-3-10(39-40(36,37)38)8-4-6-9(7-5-8)11(19,20)12(21,22)13(23,24)14(25,26)15(27,28)16(29,30)17(31,32)18(33,34)35;/h4-7,10H,2-3H2,1H3,(H,36,37,38);/q;+1/p-1. The Morgan fingerprint density at radius 3 is 1.32 bits per heavy atom. The number of hydrogen-bond donors (Lipinski definition) is 0. The molecule has 0 N–H and O–H groups in total. The van der Waals surface area contributed by atoms with E-state index in [-0.39, 0.29) is 66.7 Å². The molecule has 0 aliphatic heterocycles. The first-order chi connectivity index (χ1) is 17.4. The largest absolute Gasteiger partial charge is 1.00 e. The van der Waals surface area contributed by atoms with Crippen LogP contribution in [0.4, 0.5) is 74.6 Å². The quantitative estimate of drug-likeness (QED) is 0.143. The third-order valence-electron chi connectivity index (χ3n) is 5.15. The zero-order valence-corrected chi connectivity index (χ0v) is 22.6. The zero-order chi connectivity index (χ0) is 32.2. The third kappa shape index (κ3) is 6.55. The first-order valence-electron chi connectivity index (χ1n) is 9.84. The Kier molecular flexibility index (Phi) is 11.5. The molecule has 1 atom stereocenters. The third-order valence-corrected chi connectivity index (χ3v) is 5.62. The van der Waals surface area contributed by atoms with Crippen LogP contribution in [0.3, 0.4) is 0 Å². The van der Waals surface area contributed by atoms with Crippen molar-refractivity contribution in [3.05, 3.63) is 35.4 Å². The molecule has 0 aliphatic rings. The smallest absolute Gasteiger partial charge is 0.726 e. The molecule has 0 saturated carbocycles. The summed E-state index contributed by atoms with van der Waals surface area (Å²) in [5, 5.41) is 0. The first-order valence-corrected chi connectivity index (χ1v) is 11.2. The first kappa shape index (κ1) is 39.9. The van der Waals surface area contributed by atoms with Gasteiger partial charge in [-0.15, -0.1) is 0 Å². The second kappa shape index (κ2) is 11.8. The van der Waals surface area contributed by atoms with Gasteiger partial charge in [0.25, 0.3) is 0 Å². The van der Waals surface area contributed by atoms with Gasteiger partial charge in [-0.1, -0.05) is 37.6 Å². The maximum absolute atomic E-state index is 14.3. The van der Waals surface area contributed by atoms with Crippen LogP contribution in [0.25, 0.3) is 0 Å². The van der Waals surface area contributed by atoms with Crippen molar-refractivity contribution in [3.8, 4) is 0 Å². The summed E-state index contributed by atoms with van der Waals surface area (Å²) in [7, 11) is -5.49. The zero-order valence-electron chi connectivity index (χ0n) is 19.8. The van der Waals surface area contributed by atoms with Crippen LogP contribution in [0.1, 0.15) is 37.0 Å². The average Bonchev–Trinajstić information content (AvgIpc) is 2.76. The van der Waals surface area contributed by atoms with Gasteiger partial charge in [0.15, 0.2) is 0 Å². The van der Waals surface area contributed by atoms with E-state index in [4.69, 9.17) is 0 Å². The van der Waals surface area contributed by atoms with Crippen LogP contribution >= 0.6 is 0 Å². The minimum atomic E-state index is -8.74. The Morgan fingerprint density at radius 1 is 0.659 bits per heavy atom. The van der Waals surface area contributed by atoms with E-state index in [0.717, 1.165) is 0 Å². The molecule has 0 fully saturated rings. The summed E-state index contributed by atoms with van der Waals surface area (Å²) >= 11 is 0. The van der Waals surface area contributed by atoms with E-state index in [1.807, 2.05) is 0 Å². The van der Waals surface area contributed by atoms with E-state index >= 15 is 0 Å². The molecule has 0 amide bonds. The molecule has 1 aromatic rings. The summed E-state index contributed by atoms with van der Waals surface area (Å²) in [4.78, 5) is 0. The van der Waals surface area contributed by atoms with Gasteiger partial charge in [-0.25, -0.2) is 8.42 Å². The predicted molar refractivity (Wildman–Crippen MR) is 94.5 cm³/mol. The molecule has 0 saturated heterocycles. The van der Waals surface area contributed by atoms with Crippen LogP contribution < -0.4 is 29.6 Å². The Bertz CT molecular complexity index is 1150. The van der Waals surface area contributed by atoms with E-state index in [9.17, 15) is 87.6 Å². The monoisotopic (exact) mass is 670 g/mol. The molecular formula is C18H12F17NaO4S. The molecule has 0 aliphatic carbocycles. The molecule has 0 radical (unpaired) electrons. The van der Waals surface area contributed by atoms with Gasteiger partial charge in [0.1, 0.15) is 6.10 Å². The summed E-state index contributed by atoms with van der Waals surface area (Å²) in [6.07, 6.45) is -10.0. The van der Waals surface area contributed by atoms with Crippen molar-refractivity contribution in [2.45, 2.75) is 73.5 Å². The van der Waals surface area contributed by atoms with Gasteiger partial charge in [-0.2, -0.15) is 74.6 Å². The van der Waals surface area contributed by atoms with E-state index in [0.29, 0.717) is 0 Å². The molecule has 23 heteroatoms. The number of halogens is 17. The van der Waals surface area contributed by atoms with Crippen LogP contribution in [0.15, 0.2) is 24.3 Å². The molecule has 0 heterocycles. The molecule has 1 aromatic carbocycles. The van der Waals surface area contributed by atoms with E-state index in [1.165, 1.54) is 6.92 Å². The van der Waals surface area contributed by atoms with Gasteiger partial charge < -0.3 is 4.55 Å². The van der Waals surface area contributed by atoms with Gasteiger partial charge in [-0.3, -0.25) is 4.18 Å². The fraction of sp³-hybridized carbons (Fsp3) is 0.667. The molecule has 0 aromatic heterocycles. The van der Waals surface area contributed by atoms with Crippen molar-refractivity contribution in [1.82, 2.24) is 0 Å². The number of rotatable bonds is 12. The van der Waals surface area contributed by atoms with Crippen molar-refractivity contribution in [2.24, 2.45) is 0 Å². The number of benzene rings is 1. The molecule has 234 valence electrons. The van der Waals surface area contributed by atoms with Crippen LogP contribution in [0.5, 0.6) is 0 Å². The van der Waals surface area contributed by atoms with Crippen molar-refractivity contribution >= 4 is 10.4 Å². The predicted octanol–water partition coefficient (Wildman–Crippen LogP) is 4.47. The summed E-state index contributed by atoms with van der Waals surface area (Å²) in [5.74, 6) is -57.4. The van der Waals surface area contributed by atoms with Gasteiger partial charge in [0.05, 0.1) is 0 Å². The van der Waals surface area contributed by atoms with Crippen molar-refractivity contribution < 1.29 is 121 Å². The Hall–Kier alpha value is -1.10. The maximum Gasteiger partial charge on any atom is 1.00 e. The number of alkyl halides is 17. The summed E-state index contributed by atoms with van der Waals surface area (Å²) < 4.78 is 264. The molecule has 0 bridgehead atoms. The van der Waals surface area contributed by atoms with Crippen LogP contribution in [0.2, 0.25) is 0 Å². The van der Waals surface area contributed by atoms with Gasteiger partial charge in [0.2, 0.25) is 10.4 Å². The Labute approximate surface area is 240 Å². The van der Waals surface area contributed by atoms with Gasteiger partial charge in [0, 0.05) is 5.56 Å². The SMILES string of the molecule is CCCC(OS(=O)(=O)[O-])c1ccc(C(F)(F)C(F)(F)C(F)(F)C(F)(F)C(F)(F)C(F)(F)C(F)(F)C(F)(F)F)cc1.[Na+]. The normalized spacial score (nSPS) is 15.9. The summed E-state index contributed by atoms with van der Waals surface area (Å²) in [6.45, 7) is 1.35. The fourth-order valence-electron chi connectivity index (χ4n) is 2.93. The van der Waals surface area contributed by atoms with Crippen molar-refractivity contribution in [3.63, 3.8) is 0 Å². The van der Waals surface area contributed by atoms with Crippen LogP contribution in [-0.4, -0.2) is 54.7 Å². The minimum Gasteiger partial charge on any atom is -0.726 e. The van der Waals surface area contributed by atoms with Crippen molar-refractivity contribution in [2.75, 3.05) is 0 Å². The number of hydrogen-bond acceptors (Lipinski definition) is 4. The maximum atomic E-state index is 14.3. The summed E-state index contributed by atoms with van der Waals surface area (Å²) in [6, 6.07) is -0.279. The fourth-order valence-corrected chi connectivity index (χ4v) is 3.42. The molecule has 0 spiro atoms. The molecule has 1 rings (SSSR count). The summed E-state index contributed by atoms with van der Waals surface area (Å²) in [5.41, 5.74) is -3.09. The minimum absolute atomic E-state index is 0. The molecule has 41 heavy (non-hydrogen) atoms. The second-order valence-electron chi connectivity index (χ2n) is 7.92. The van der Waals surface area contributed by atoms with Crippen LogP contribution in [0, 0.1) is 0 Å². The molecule has 4 nitrogen and oxygen atoms in total. The van der Waals surface area contributed by atoms with E-state index in [2.05, 4.69) is 4.18 Å². The Morgan fingerprint density at radius 2 is 1.00 bits per heavy atom. The van der Waals surface area contributed by atoms with E-state index < -0.39 is 75.3 Å². The molecular weight excluding hydrogens is 658 g/mol. The van der Waals surface area contributed by atoms with Crippen LogP contribution in [-0.2, 0) is 20.5 Å². The van der Waals surface area contributed by atoms with Crippen molar-refractivity contribution in [1.29, 1.82) is 0 Å². The second-order valence-corrected chi connectivity index (χ2v) is 8.93. The van der Waals surface area contributed by atoms with E-state index in [1.54, 1.807) is 0 Å².